The van der Waals surface area contributed by atoms with Gasteiger partial charge in [0.05, 0.1) is 11.6 Å². The Kier molecular flexibility index (Phi) is 10.7. The van der Waals surface area contributed by atoms with Crippen molar-refractivity contribution in [1.82, 2.24) is 15.6 Å². The second-order valence-electron chi connectivity index (χ2n) is 6.45. The Labute approximate surface area is 184 Å². The monoisotopic (exact) mass is 501 g/mol. The molecule has 0 saturated heterocycles. The van der Waals surface area contributed by atoms with Gasteiger partial charge >= 0.3 is 0 Å². The van der Waals surface area contributed by atoms with Gasteiger partial charge in [0.1, 0.15) is 0 Å². The first-order chi connectivity index (χ1) is 12.5. The quantitative estimate of drug-likeness (QED) is 0.326. The maximum Gasteiger partial charge on any atom is 0.191 e. The summed E-state index contributed by atoms with van der Waals surface area (Å²) in [6.45, 7) is 8.75. The molecule has 0 fully saturated rings. The van der Waals surface area contributed by atoms with E-state index in [1.807, 2.05) is 6.20 Å². The number of hydrogen-bond acceptors (Lipinski definition) is 4. The SMILES string of the molecule is CCNC(=NCc1ccc(N(C)C)cc1C)NCCc1ncc(CC)s1.I. The number of aromatic nitrogens is 1. The van der Waals surface area contributed by atoms with Gasteiger partial charge in [0.15, 0.2) is 5.96 Å². The number of hydrogen-bond donors (Lipinski definition) is 2. The molecule has 2 aromatic rings. The van der Waals surface area contributed by atoms with Crippen LogP contribution in [0.3, 0.4) is 0 Å². The summed E-state index contributed by atoms with van der Waals surface area (Å²) in [7, 11) is 4.12. The van der Waals surface area contributed by atoms with Gasteiger partial charge in [0, 0.05) is 50.4 Å². The molecule has 0 unspecified atom stereocenters. The average molecular weight is 501 g/mol. The van der Waals surface area contributed by atoms with Crippen LogP contribution < -0.4 is 15.5 Å². The van der Waals surface area contributed by atoms with E-state index < -0.39 is 0 Å². The van der Waals surface area contributed by atoms with E-state index in [-0.39, 0.29) is 24.0 Å². The second-order valence-corrected chi connectivity index (χ2v) is 7.65. The van der Waals surface area contributed by atoms with Crippen LogP contribution in [0.1, 0.15) is 34.9 Å². The van der Waals surface area contributed by atoms with Crippen molar-refractivity contribution in [3.63, 3.8) is 0 Å². The predicted octanol–water partition coefficient (Wildman–Crippen LogP) is 4.00. The molecule has 5 nitrogen and oxygen atoms in total. The number of rotatable bonds is 8. The molecule has 150 valence electrons. The van der Waals surface area contributed by atoms with Crippen LogP contribution in [0.4, 0.5) is 5.69 Å². The minimum Gasteiger partial charge on any atom is -0.378 e. The van der Waals surface area contributed by atoms with Gasteiger partial charge in [-0.15, -0.1) is 35.3 Å². The van der Waals surface area contributed by atoms with E-state index in [4.69, 9.17) is 4.99 Å². The lowest BCUT2D eigenvalue weighted by Gasteiger charge is -2.15. The zero-order valence-corrected chi connectivity index (χ0v) is 20.1. The van der Waals surface area contributed by atoms with E-state index in [0.717, 1.165) is 31.9 Å². The summed E-state index contributed by atoms with van der Waals surface area (Å²) < 4.78 is 0. The fourth-order valence-electron chi connectivity index (χ4n) is 2.56. The summed E-state index contributed by atoms with van der Waals surface area (Å²) in [6.07, 6.45) is 3.96. The molecule has 2 N–H and O–H groups in total. The molecule has 0 aliphatic carbocycles. The molecule has 27 heavy (non-hydrogen) atoms. The molecule has 0 aliphatic rings. The van der Waals surface area contributed by atoms with Crippen LogP contribution in [0.15, 0.2) is 29.4 Å². The smallest absolute Gasteiger partial charge is 0.191 e. The fraction of sp³-hybridized carbons (Fsp3) is 0.500. The van der Waals surface area contributed by atoms with Gasteiger partial charge in [0.25, 0.3) is 0 Å². The van der Waals surface area contributed by atoms with Gasteiger partial charge in [-0.2, -0.15) is 0 Å². The molecule has 1 aromatic carbocycles. The second kappa shape index (κ2) is 12.2. The summed E-state index contributed by atoms with van der Waals surface area (Å²) in [4.78, 5) is 12.7. The molecule has 0 atom stereocenters. The van der Waals surface area contributed by atoms with Gasteiger partial charge in [-0.25, -0.2) is 9.98 Å². The lowest BCUT2D eigenvalue weighted by molar-refractivity contribution is 0.796. The summed E-state index contributed by atoms with van der Waals surface area (Å²) >= 11 is 1.80. The highest BCUT2D eigenvalue weighted by Crippen LogP contribution is 2.18. The maximum absolute atomic E-state index is 4.74. The van der Waals surface area contributed by atoms with Crippen LogP contribution in [0.25, 0.3) is 0 Å². The normalized spacial score (nSPS) is 11.1. The van der Waals surface area contributed by atoms with Crippen LogP contribution in [-0.2, 0) is 19.4 Å². The van der Waals surface area contributed by atoms with Gasteiger partial charge in [0.2, 0.25) is 0 Å². The summed E-state index contributed by atoms with van der Waals surface area (Å²) in [5.74, 6) is 0.857. The Morgan fingerprint density at radius 1 is 1.22 bits per heavy atom. The Balaban J connectivity index is 0.00000364. The molecule has 0 amide bonds. The molecule has 0 aliphatic heterocycles. The standard InChI is InChI=1S/C20H31N5S.HI/c1-6-18-14-23-19(26-18)10-11-22-20(21-7-2)24-13-16-8-9-17(25(4)5)12-15(16)3;/h8-9,12,14H,6-7,10-11,13H2,1-5H3,(H2,21,22,24);1H. The topological polar surface area (TPSA) is 52.6 Å². The zero-order chi connectivity index (χ0) is 18.9. The van der Waals surface area contributed by atoms with Crippen molar-refractivity contribution in [3.8, 4) is 0 Å². The maximum atomic E-state index is 4.74. The Morgan fingerprint density at radius 3 is 2.59 bits per heavy atom. The van der Waals surface area contributed by atoms with Crippen molar-refractivity contribution in [2.45, 2.75) is 40.2 Å². The molecule has 7 heteroatoms. The Hall–Kier alpha value is -1.35. The molecular weight excluding hydrogens is 469 g/mol. The van der Waals surface area contributed by atoms with Crippen LogP contribution >= 0.6 is 35.3 Å². The Bertz CT molecular complexity index is 727. The van der Waals surface area contributed by atoms with Crippen molar-refractivity contribution >= 4 is 47.0 Å². The van der Waals surface area contributed by atoms with Crippen LogP contribution in [-0.4, -0.2) is 38.1 Å². The van der Waals surface area contributed by atoms with E-state index in [2.05, 4.69) is 73.6 Å². The number of nitrogens with one attached hydrogen (secondary N) is 2. The lowest BCUT2D eigenvalue weighted by Crippen LogP contribution is -2.38. The number of benzene rings is 1. The molecular formula is C20H32IN5S. The molecule has 0 radical (unpaired) electrons. The van der Waals surface area contributed by atoms with Crippen molar-refractivity contribution in [2.75, 3.05) is 32.1 Å². The minimum absolute atomic E-state index is 0. The summed E-state index contributed by atoms with van der Waals surface area (Å²) in [6, 6.07) is 6.52. The van der Waals surface area contributed by atoms with E-state index in [9.17, 15) is 0 Å². The minimum atomic E-state index is 0. The first kappa shape index (κ1) is 23.7. The molecule has 0 bridgehead atoms. The summed E-state index contributed by atoms with van der Waals surface area (Å²) in [5, 5.41) is 7.91. The van der Waals surface area contributed by atoms with Crippen molar-refractivity contribution in [2.24, 2.45) is 4.99 Å². The molecule has 0 saturated carbocycles. The molecule has 1 heterocycles. The number of aliphatic imine (C=N–C) groups is 1. The Morgan fingerprint density at radius 2 is 2.00 bits per heavy atom. The van der Waals surface area contributed by atoms with Gasteiger partial charge in [-0.3, -0.25) is 0 Å². The number of aryl methyl sites for hydroxylation is 2. The number of guanidine groups is 1. The lowest BCUT2D eigenvalue weighted by atomic mass is 10.1. The van der Waals surface area contributed by atoms with Crippen LogP contribution in [0.5, 0.6) is 0 Å². The van der Waals surface area contributed by atoms with E-state index in [0.29, 0.717) is 6.54 Å². The average Bonchev–Trinajstić information content (AvgIpc) is 3.08. The third kappa shape index (κ3) is 7.65. The van der Waals surface area contributed by atoms with Crippen molar-refractivity contribution in [3.05, 3.63) is 45.4 Å². The van der Waals surface area contributed by atoms with Crippen molar-refractivity contribution in [1.29, 1.82) is 0 Å². The largest absolute Gasteiger partial charge is 0.378 e. The first-order valence-electron chi connectivity index (χ1n) is 9.26. The summed E-state index contributed by atoms with van der Waals surface area (Å²) in [5.41, 5.74) is 3.74. The molecule has 1 aromatic heterocycles. The van der Waals surface area contributed by atoms with Gasteiger partial charge < -0.3 is 15.5 Å². The first-order valence-corrected chi connectivity index (χ1v) is 10.1. The molecule has 0 spiro atoms. The van der Waals surface area contributed by atoms with E-state index >= 15 is 0 Å². The highest BCUT2D eigenvalue weighted by atomic mass is 127. The number of halogens is 1. The van der Waals surface area contributed by atoms with Gasteiger partial charge in [-0.05, 0) is 43.5 Å². The third-order valence-electron chi connectivity index (χ3n) is 4.18. The number of thiazole rings is 1. The molecule has 2 rings (SSSR count). The highest BCUT2D eigenvalue weighted by Gasteiger charge is 2.04. The predicted molar refractivity (Wildman–Crippen MR) is 129 cm³/mol. The van der Waals surface area contributed by atoms with Gasteiger partial charge in [-0.1, -0.05) is 13.0 Å². The fourth-order valence-corrected chi connectivity index (χ4v) is 3.42. The van der Waals surface area contributed by atoms with Crippen molar-refractivity contribution < 1.29 is 0 Å². The number of nitrogens with zero attached hydrogens (tertiary/aromatic N) is 3. The zero-order valence-electron chi connectivity index (χ0n) is 17.0. The highest BCUT2D eigenvalue weighted by molar-refractivity contribution is 14.0. The van der Waals surface area contributed by atoms with Crippen LogP contribution in [0.2, 0.25) is 0 Å². The third-order valence-corrected chi connectivity index (χ3v) is 5.38. The van der Waals surface area contributed by atoms with E-state index in [1.54, 1.807) is 11.3 Å². The van der Waals surface area contributed by atoms with Crippen LogP contribution in [0, 0.1) is 6.92 Å². The number of anilines is 1. The van der Waals surface area contributed by atoms with E-state index in [1.165, 1.54) is 26.7 Å².